The number of likely N-dealkylation sites (N-methyl/N-ethyl adjacent to an activating group) is 1. The number of carbonyl (C=O) groups excluding carboxylic acids is 2. The standard InChI is InChI=1S/C18H22N2O4S/c1-20(2)17(21)11-24-14-10-23-8-7-13(14)19-18(22)16-9-12-5-3-4-6-15(12)25-16/h3-6,9,13-14H,7-8,10-11H2,1-2H3,(H,19,22)/t13-,14-/m1/s1. The summed E-state index contributed by atoms with van der Waals surface area (Å²) in [5.74, 6) is -0.221. The molecule has 0 saturated carbocycles. The monoisotopic (exact) mass is 362 g/mol. The van der Waals surface area contributed by atoms with E-state index in [0.717, 1.165) is 10.1 Å². The second-order valence-electron chi connectivity index (χ2n) is 6.23. The van der Waals surface area contributed by atoms with Gasteiger partial charge in [0.1, 0.15) is 12.7 Å². The fraction of sp³-hybridized carbons (Fsp3) is 0.444. The van der Waals surface area contributed by atoms with E-state index in [1.165, 1.54) is 16.2 Å². The van der Waals surface area contributed by atoms with Crippen LogP contribution in [0.25, 0.3) is 10.1 Å². The van der Waals surface area contributed by atoms with Gasteiger partial charge in [-0.3, -0.25) is 9.59 Å². The third-order valence-corrected chi connectivity index (χ3v) is 5.30. The van der Waals surface area contributed by atoms with Crippen LogP contribution in [0.2, 0.25) is 0 Å². The van der Waals surface area contributed by atoms with E-state index in [4.69, 9.17) is 9.47 Å². The zero-order valence-electron chi connectivity index (χ0n) is 14.4. The molecule has 0 spiro atoms. The van der Waals surface area contributed by atoms with E-state index in [9.17, 15) is 9.59 Å². The van der Waals surface area contributed by atoms with Gasteiger partial charge in [-0.05, 0) is 23.9 Å². The average Bonchev–Trinajstić information content (AvgIpc) is 3.05. The van der Waals surface area contributed by atoms with Crippen molar-refractivity contribution in [1.82, 2.24) is 10.2 Å². The minimum Gasteiger partial charge on any atom is -0.379 e. The van der Waals surface area contributed by atoms with Crippen molar-refractivity contribution in [3.05, 3.63) is 35.2 Å². The molecule has 1 aromatic carbocycles. The Bertz CT molecular complexity index is 725. The van der Waals surface area contributed by atoms with Crippen molar-refractivity contribution < 1.29 is 19.1 Å². The molecule has 1 aliphatic heterocycles. The van der Waals surface area contributed by atoms with Crippen LogP contribution >= 0.6 is 11.3 Å². The molecule has 0 aliphatic carbocycles. The minimum atomic E-state index is -0.323. The molecule has 134 valence electrons. The Labute approximate surface area is 150 Å². The molecular weight excluding hydrogens is 340 g/mol. The summed E-state index contributed by atoms with van der Waals surface area (Å²) in [4.78, 5) is 26.5. The van der Waals surface area contributed by atoms with Crippen LogP contribution in [0.15, 0.2) is 30.3 Å². The Balaban J connectivity index is 1.64. The average molecular weight is 362 g/mol. The van der Waals surface area contributed by atoms with Crippen LogP contribution in [-0.2, 0) is 14.3 Å². The first-order chi connectivity index (χ1) is 12.0. The van der Waals surface area contributed by atoms with Crippen molar-refractivity contribution in [1.29, 1.82) is 0 Å². The van der Waals surface area contributed by atoms with Gasteiger partial charge in [-0.2, -0.15) is 0 Å². The second-order valence-corrected chi connectivity index (χ2v) is 7.31. The summed E-state index contributed by atoms with van der Waals surface area (Å²) >= 11 is 1.47. The van der Waals surface area contributed by atoms with Crippen LogP contribution in [0.3, 0.4) is 0 Å². The molecule has 1 fully saturated rings. The Morgan fingerprint density at radius 3 is 2.92 bits per heavy atom. The maximum Gasteiger partial charge on any atom is 0.261 e. The van der Waals surface area contributed by atoms with Gasteiger partial charge in [-0.15, -0.1) is 11.3 Å². The molecule has 25 heavy (non-hydrogen) atoms. The highest BCUT2D eigenvalue weighted by molar-refractivity contribution is 7.20. The van der Waals surface area contributed by atoms with Crippen molar-refractivity contribution in [3.63, 3.8) is 0 Å². The number of rotatable bonds is 5. The number of benzene rings is 1. The fourth-order valence-corrected chi connectivity index (χ4v) is 3.65. The molecule has 0 radical (unpaired) electrons. The number of amides is 2. The zero-order chi connectivity index (χ0) is 17.8. The Hall–Kier alpha value is -1.96. The van der Waals surface area contributed by atoms with Gasteiger partial charge in [0.25, 0.3) is 5.91 Å². The zero-order valence-corrected chi connectivity index (χ0v) is 15.2. The first-order valence-corrected chi connectivity index (χ1v) is 9.05. The molecule has 1 N–H and O–H groups in total. The topological polar surface area (TPSA) is 67.9 Å². The van der Waals surface area contributed by atoms with Gasteiger partial charge >= 0.3 is 0 Å². The number of fused-ring (bicyclic) bond motifs is 1. The first-order valence-electron chi connectivity index (χ1n) is 8.23. The quantitative estimate of drug-likeness (QED) is 0.882. The van der Waals surface area contributed by atoms with Crippen LogP contribution in [0, 0.1) is 0 Å². The molecule has 2 amide bonds. The van der Waals surface area contributed by atoms with E-state index < -0.39 is 0 Å². The number of nitrogens with zero attached hydrogens (tertiary/aromatic N) is 1. The van der Waals surface area contributed by atoms with Crippen molar-refractivity contribution >= 4 is 33.2 Å². The lowest BCUT2D eigenvalue weighted by Gasteiger charge is -2.32. The fourth-order valence-electron chi connectivity index (χ4n) is 2.68. The lowest BCUT2D eigenvalue weighted by atomic mass is 10.1. The Morgan fingerprint density at radius 2 is 2.16 bits per heavy atom. The summed E-state index contributed by atoms with van der Waals surface area (Å²) in [5, 5.41) is 4.10. The van der Waals surface area contributed by atoms with Gasteiger partial charge in [0.2, 0.25) is 5.91 Å². The van der Waals surface area contributed by atoms with E-state index in [1.807, 2.05) is 30.3 Å². The van der Waals surface area contributed by atoms with Gasteiger partial charge in [0.15, 0.2) is 0 Å². The highest BCUT2D eigenvalue weighted by Crippen LogP contribution is 2.25. The van der Waals surface area contributed by atoms with Gasteiger partial charge in [0, 0.05) is 25.4 Å². The summed E-state index contributed by atoms with van der Waals surface area (Å²) < 4.78 is 12.2. The highest BCUT2D eigenvalue weighted by atomic mass is 32.1. The SMILES string of the molecule is CN(C)C(=O)CO[C@@H]1COCC[C@H]1NC(=O)c1cc2ccccc2s1. The van der Waals surface area contributed by atoms with Gasteiger partial charge in [-0.25, -0.2) is 0 Å². The molecule has 1 aliphatic rings. The van der Waals surface area contributed by atoms with Gasteiger partial charge < -0.3 is 19.7 Å². The summed E-state index contributed by atoms with van der Waals surface area (Å²) in [6.07, 6.45) is 0.341. The minimum absolute atomic E-state index is 0.0176. The smallest absolute Gasteiger partial charge is 0.261 e. The summed E-state index contributed by atoms with van der Waals surface area (Å²) in [6.45, 7) is 0.924. The van der Waals surface area contributed by atoms with Crippen LogP contribution in [0.1, 0.15) is 16.1 Å². The lowest BCUT2D eigenvalue weighted by molar-refractivity contribution is -0.140. The van der Waals surface area contributed by atoms with Crippen molar-refractivity contribution in [2.24, 2.45) is 0 Å². The van der Waals surface area contributed by atoms with E-state index in [1.54, 1.807) is 14.1 Å². The maximum absolute atomic E-state index is 12.6. The normalized spacial score (nSPS) is 20.4. The van der Waals surface area contributed by atoms with E-state index in [-0.39, 0.29) is 30.6 Å². The second kappa shape index (κ2) is 7.95. The highest BCUT2D eigenvalue weighted by Gasteiger charge is 2.29. The van der Waals surface area contributed by atoms with Crippen molar-refractivity contribution in [2.75, 3.05) is 33.9 Å². The molecule has 2 heterocycles. The molecule has 6 nitrogen and oxygen atoms in total. The van der Waals surface area contributed by atoms with Gasteiger partial charge in [0.05, 0.1) is 17.5 Å². The van der Waals surface area contributed by atoms with Crippen LogP contribution in [0.5, 0.6) is 0 Å². The lowest BCUT2D eigenvalue weighted by Crippen LogP contribution is -2.50. The molecule has 1 saturated heterocycles. The Morgan fingerprint density at radius 1 is 1.36 bits per heavy atom. The predicted molar refractivity (Wildman–Crippen MR) is 96.9 cm³/mol. The van der Waals surface area contributed by atoms with Crippen LogP contribution in [0.4, 0.5) is 0 Å². The molecule has 2 aromatic rings. The van der Waals surface area contributed by atoms with E-state index >= 15 is 0 Å². The Kier molecular flexibility index (Phi) is 5.67. The molecule has 2 atom stereocenters. The van der Waals surface area contributed by atoms with Gasteiger partial charge in [-0.1, -0.05) is 18.2 Å². The largest absolute Gasteiger partial charge is 0.379 e. The van der Waals surface area contributed by atoms with Crippen molar-refractivity contribution in [3.8, 4) is 0 Å². The van der Waals surface area contributed by atoms with Crippen LogP contribution < -0.4 is 5.32 Å². The number of hydrogen-bond donors (Lipinski definition) is 1. The number of ether oxygens (including phenoxy) is 2. The number of carbonyl (C=O) groups is 2. The first kappa shape index (κ1) is 17.8. The van der Waals surface area contributed by atoms with Crippen LogP contribution in [-0.4, -0.2) is 62.8 Å². The molecule has 1 aromatic heterocycles. The molecule has 7 heteroatoms. The maximum atomic E-state index is 12.6. The molecule has 3 rings (SSSR count). The van der Waals surface area contributed by atoms with E-state index in [0.29, 0.717) is 24.5 Å². The summed E-state index contributed by atoms with van der Waals surface area (Å²) in [5.41, 5.74) is 0. The number of nitrogens with one attached hydrogen (secondary N) is 1. The van der Waals surface area contributed by atoms with Crippen molar-refractivity contribution in [2.45, 2.75) is 18.6 Å². The number of hydrogen-bond acceptors (Lipinski definition) is 5. The third kappa shape index (κ3) is 4.36. The van der Waals surface area contributed by atoms with E-state index in [2.05, 4.69) is 5.32 Å². The number of thiophene rings is 1. The molecule has 0 bridgehead atoms. The third-order valence-electron chi connectivity index (χ3n) is 4.19. The molecule has 0 unspecified atom stereocenters. The molecular formula is C18H22N2O4S. The summed E-state index contributed by atoms with van der Waals surface area (Å²) in [6, 6.07) is 9.66. The predicted octanol–water partition coefficient (Wildman–Crippen LogP) is 1.89. The summed E-state index contributed by atoms with van der Waals surface area (Å²) in [7, 11) is 3.37.